The predicted octanol–water partition coefficient (Wildman–Crippen LogP) is 5.22. The van der Waals surface area contributed by atoms with E-state index < -0.39 is 28.9 Å². The highest BCUT2D eigenvalue weighted by Crippen LogP contribution is 2.44. The summed E-state index contributed by atoms with van der Waals surface area (Å²) in [6.07, 6.45) is 2.27. The van der Waals surface area contributed by atoms with Crippen molar-refractivity contribution in [2.24, 2.45) is 0 Å². The number of piperazine rings is 1. The van der Waals surface area contributed by atoms with E-state index in [1.165, 1.54) is 7.11 Å². The lowest BCUT2D eigenvalue weighted by atomic mass is 9.95. The summed E-state index contributed by atoms with van der Waals surface area (Å²) >= 11 is 3.11. The molecule has 13 heteroatoms. The molecule has 5 heterocycles. The Balaban J connectivity index is 1.37. The number of ether oxygens (including phenoxy) is 3. The normalized spacial score (nSPS) is 28.0. The summed E-state index contributed by atoms with van der Waals surface area (Å²) < 4.78 is 62.6. The van der Waals surface area contributed by atoms with Gasteiger partial charge in [-0.15, -0.1) is 0 Å². The van der Waals surface area contributed by atoms with Crippen LogP contribution in [-0.2, 0) is 4.74 Å². The summed E-state index contributed by atoms with van der Waals surface area (Å²) in [6.45, 7) is 7.48. The third-order valence-corrected chi connectivity index (χ3v) is 9.42. The first-order valence-electron chi connectivity index (χ1n) is 14.1. The summed E-state index contributed by atoms with van der Waals surface area (Å²) in [4.78, 5) is 27.7. The lowest BCUT2D eigenvalue weighted by Gasteiger charge is -2.42. The van der Waals surface area contributed by atoms with Gasteiger partial charge in [-0.3, -0.25) is 9.80 Å². The minimum Gasteiger partial charge on any atom is -0.492 e. The quantitative estimate of drug-likeness (QED) is 0.411. The lowest BCUT2D eigenvalue weighted by Crippen LogP contribution is -2.57. The number of carbonyl (C=O) groups is 1. The molecule has 0 aliphatic carbocycles. The zero-order valence-corrected chi connectivity index (χ0v) is 25.3. The van der Waals surface area contributed by atoms with Gasteiger partial charge < -0.3 is 19.1 Å². The van der Waals surface area contributed by atoms with Crippen LogP contribution in [0.1, 0.15) is 52.9 Å². The van der Waals surface area contributed by atoms with Crippen LogP contribution in [0.3, 0.4) is 0 Å². The molecule has 1 aromatic carbocycles. The number of amides is 1. The van der Waals surface area contributed by atoms with Gasteiger partial charge in [-0.25, -0.2) is 18.0 Å². The summed E-state index contributed by atoms with van der Waals surface area (Å²) in [7, 11) is 1.26. The number of fused-ring (bicyclic) bond motifs is 4. The van der Waals surface area contributed by atoms with Crippen LogP contribution in [0.25, 0.3) is 10.9 Å². The minimum absolute atomic E-state index is 0.103. The molecule has 1 amide bonds. The standard InChI is InChI=1S/C28H35BrF3N5O4/c1-27(2,3)41-26(38)37-16-6-7-17(37)13-35(12-16)24-18-20(31)23(39-4)19(29)21(32)22(18)33-25(34-24)40-14-28-8-5-9-36(28)11-15(30)10-28/h15-17H,5-14H2,1-4H3/t15-,16?,17?,28+/m1/s1. The van der Waals surface area contributed by atoms with Gasteiger partial charge in [0, 0.05) is 26.1 Å². The van der Waals surface area contributed by atoms with Gasteiger partial charge in [0.2, 0.25) is 0 Å². The topological polar surface area (TPSA) is 80.3 Å². The number of nitrogens with zero attached hydrogens (tertiary/aromatic N) is 5. The summed E-state index contributed by atoms with van der Waals surface area (Å²) in [5.41, 5.74) is -1.34. The van der Waals surface area contributed by atoms with Gasteiger partial charge in [-0.2, -0.15) is 9.97 Å². The van der Waals surface area contributed by atoms with Crippen LogP contribution in [0.4, 0.5) is 23.8 Å². The molecule has 2 unspecified atom stereocenters. The number of alkyl halides is 1. The highest BCUT2D eigenvalue weighted by atomic mass is 79.9. The molecule has 41 heavy (non-hydrogen) atoms. The van der Waals surface area contributed by atoms with Crippen molar-refractivity contribution >= 4 is 38.7 Å². The van der Waals surface area contributed by atoms with E-state index in [-0.39, 0.29) is 57.7 Å². The van der Waals surface area contributed by atoms with Crippen LogP contribution in [0.5, 0.6) is 11.8 Å². The first-order chi connectivity index (χ1) is 19.4. The molecule has 4 fully saturated rings. The molecule has 0 spiro atoms. The van der Waals surface area contributed by atoms with Crippen LogP contribution < -0.4 is 14.4 Å². The van der Waals surface area contributed by atoms with E-state index in [1.807, 2.05) is 25.7 Å². The molecule has 2 aromatic rings. The van der Waals surface area contributed by atoms with E-state index in [9.17, 15) is 9.18 Å². The third-order valence-electron chi connectivity index (χ3n) is 8.71. The van der Waals surface area contributed by atoms with Crippen LogP contribution in [0, 0.1) is 11.6 Å². The second-order valence-electron chi connectivity index (χ2n) is 12.6. The molecule has 4 atom stereocenters. The Bertz CT molecular complexity index is 1360. The van der Waals surface area contributed by atoms with Crippen molar-refractivity contribution < 1.29 is 32.2 Å². The number of methoxy groups -OCH3 is 1. The highest BCUT2D eigenvalue weighted by Gasteiger charge is 2.50. The van der Waals surface area contributed by atoms with Gasteiger partial charge >= 0.3 is 12.1 Å². The predicted molar refractivity (Wildman–Crippen MR) is 149 cm³/mol. The van der Waals surface area contributed by atoms with Crippen molar-refractivity contribution in [3.63, 3.8) is 0 Å². The lowest BCUT2D eigenvalue weighted by molar-refractivity contribution is 0.0122. The zero-order chi connectivity index (χ0) is 29.3. The number of halogens is 4. The molecular formula is C28H35BrF3N5O4. The average molecular weight is 643 g/mol. The van der Waals surface area contributed by atoms with E-state index in [4.69, 9.17) is 14.2 Å². The van der Waals surface area contributed by atoms with Gasteiger partial charge in [0.1, 0.15) is 34.2 Å². The Labute approximate surface area is 245 Å². The van der Waals surface area contributed by atoms with Crippen LogP contribution in [0.15, 0.2) is 4.47 Å². The summed E-state index contributed by atoms with van der Waals surface area (Å²) in [5, 5.41) is -0.120. The van der Waals surface area contributed by atoms with Crippen molar-refractivity contribution in [3.8, 4) is 11.8 Å². The number of benzene rings is 1. The molecule has 6 rings (SSSR count). The van der Waals surface area contributed by atoms with Gasteiger partial charge in [0.05, 0.1) is 30.1 Å². The van der Waals surface area contributed by atoms with Gasteiger partial charge in [-0.1, -0.05) is 0 Å². The maximum absolute atomic E-state index is 15.9. The van der Waals surface area contributed by atoms with Crippen LogP contribution in [0.2, 0.25) is 0 Å². The Morgan fingerprint density at radius 3 is 2.49 bits per heavy atom. The molecule has 0 N–H and O–H groups in total. The minimum atomic E-state index is -0.932. The Hall–Kier alpha value is -2.54. The number of hydrogen-bond acceptors (Lipinski definition) is 8. The van der Waals surface area contributed by atoms with E-state index in [1.54, 1.807) is 4.90 Å². The summed E-state index contributed by atoms with van der Waals surface area (Å²) in [5.74, 6) is -1.71. The fourth-order valence-electron chi connectivity index (χ4n) is 7.01. The zero-order valence-electron chi connectivity index (χ0n) is 23.7. The van der Waals surface area contributed by atoms with E-state index >= 15 is 8.78 Å². The Morgan fingerprint density at radius 1 is 1.12 bits per heavy atom. The first-order valence-corrected chi connectivity index (χ1v) is 14.9. The van der Waals surface area contributed by atoms with Gasteiger partial charge in [-0.05, 0) is 68.9 Å². The smallest absolute Gasteiger partial charge is 0.410 e. The first kappa shape index (κ1) is 28.6. The maximum Gasteiger partial charge on any atom is 0.410 e. The largest absolute Gasteiger partial charge is 0.492 e. The molecule has 9 nitrogen and oxygen atoms in total. The maximum atomic E-state index is 15.9. The van der Waals surface area contributed by atoms with Crippen molar-refractivity contribution in [2.45, 2.75) is 82.3 Å². The molecule has 224 valence electrons. The SMILES string of the molecule is COc1c(Br)c(F)c2nc(OC[C@@]34CCCN3C[C@H](F)C4)nc(N3CC4CCC(C3)N4C(=O)OC(C)(C)C)c2c1F. The fraction of sp³-hybridized carbons (Fsp3) is 0.679. The summed E-state index contributed by atoms with van der Waals surface area (Å²) in [6, 6.07) is -0.475. The second-order valence-corrected chi connectivity index (χ2v) is 13.4. The average Bonchev–Trinajstić information content (AvgIpc) is 3.52. The van der Waals surface area contributed by atoms with Gasteiger partial charge in [0.15, 0.2) is 17.4 Å². The molecule has 0 radical (unpaired) electrons. The molecule has 4 aliphatic rings. The number of carbonyl (C=O) groups excluding carboxylic acids is 1. The van der Waals surface area contributed by atoms with Crippen molar-refractivity contribution in [1.82, 2.24) is 19.8 Å². The molecule has 0 saturated carbocycles. The fourth-order valence-corrected chi connectivity index (χ4v) is 7.54. The highest BCUT2D eigenvalue weighted by molar-refractivity contribution is 9.10. The van der Waals surface area contributed by atoms with Crippen LogP contribution in [-0.4, -0.2) is 95.2 Å². The number of hydrogen-bond donors (Lipinski definition) is 0. The van der Waals surface area contributed by atoms with Crippen molar-refractivity contribution in [2.75, 3.05) is 44.8 Å². The van der Waals surface area contributed by atoms with E-state index in [0.717, 1.165) is 32.2 Å². The Kier molecular flexibility index (Phi) is 7.19. The number of aromatic nitrogens is 2. The Morgan fingerprint density at radius 2 is 1.83 bits per heavy atom. The third kappa shape index (κ3) is 4.96. The molecule has 2 bridgehead atoms. The van der Waals surface area contributed by atoms with E-state index in [0.29, 0.717) is 26.1 Å². The van der Waals surface area contributed by atoms with Gasteiger partial charge in [0.25, 0.3) is 0 Å². The number of anilines is 1. The van der Waals surface area contributed by atoms with Crippen LogP contribution >= 0.6 is 15.9 Å². The molecule has 4 saturated heterocycles. The van der Waals surface area contributed by atoms with E-state index in [2.05, 4.69) is 30.8 Å². The molecule has 4 aliphatic heterocycles. The van der Waals surface area contributed by atoms with Crippen molar-refractivity contribution in [1.29, 1.82) is 0 Å². The molecular weight excluding hydrogens is 607 g/mol. The number of rotatable bonds is 5. The monoisotopic (exact) mass is 641 g/mol. The second kappa shape index (κ2) is 10.3. The van der Waals surface area contributed by atoms with Crippen molar-refractivity contribution in [3.05, 3.63) is 16.1 Å². The molecule has 1 aromatic heterocycles.